The van der Waals surface area contributed by atoms with Crippen molar-refractivity contribution in [1.29, 1.82) is 0 Å². The third kappa shape index (κ3) is 2.60. The maximum Gasteiger partial charge on any atom is 0.125 e. The molecule has 4 heteroatoms. The van der Waals surface area contributed by atoms with Gasteiger partial charge in [-0.3, -0.25) is 0 Å². The summed E-state index contributed by atoms with van der Waals surface area (Å²) in [5.41, 5.74) is 1.87. The molecule has 2 atom stereocenters. The van der Waals surface area contributed by atoms with E-state index in [1.807, 2.05) is 26.0 Å². The van der Waals surface area contributed by atoms with Crippen molar-refractivity contribution in [3.8, 4) is 11.5 Å². The number of rotatable bonds is 5. The number of benzene rings is 1. The Balaban J connectivity index is 2.34. The van der Waals surface area contributed by atoms with E-state index in [0.717, 1.165) is 29.0 Å². The molecule has 0 aromatic heterocycles. The van der Waals surface area contributed by atoms with Crippen LogP contribution >= 0.6 is 0 Å². The molecule has 0 saturated carbocycles. The van der Waals surface area contributed by atoms with Crippen molar-refractivity contribution in [2.75, 3.05) is 20.3 Å². The molecule has 4 nitrogen and oxygen atoms in total. The first-order chi connectivity index (χ1) is 8.65. The molecule has 2 rings (SSSR count). The number of aliphatic hydroxyl groups is 1. The lowest BCUT2D eigenvalue weighted by atomic mass is 10.0. The molecule has 100 valence electrons. The van der Waals surface area contributed by atoms with Crippen LogP contribution in [0.4, 0.5) is 0 Å². The van der Waals surface area contributed by atoms with Crippen LogP contribution in [-0.4, -0.2) is 31.5 Å². The third-order valence-electron chi connectivity index (χ3n) is 3.01. The second kappa shape index (κ2) is 5.59. The predicted molar refractivity (Wildman–Crippen MR) is 68.2 cm³/mol. The van der Waals surface area contributed by atoms with Crippen LogP contribution in [0.2, 0.25) is 0 Å². The van der Waals surface area contributed by atoms with Crippen LogP contribution in [0.3, 0.4) is 0 Å². The average molecular weight is 252 g/mol. The fourth-order valence-corrected chi connectivity index (χ4v) is 2.24. The van der Waals surface area contributed by atoms with E-state index in [1.54, 1.807) is 7.11 Å². The van der Waals surface area contributed by atoms with Gasteiger partial charge in [-0.1, -0.05) is 0 Å². The van der Waals surface area contributed by atoms with Gasteiger partial charge in [0, 0.05) is 24.7 Å². The molecule has 0 saturated heterocycles. The van der Waals surface area contributed by atoms with Gasteiger partial charge in [0.15, 0.2) is 0 Å². The lowest BCUT2D eigenvalue weighted by Crippen LogP contribution is -2.08. The van der Waals surface area contributed by atoms with Gasteiger partial charge in [-0.15, -0.1) is 0 Å². The van der Waals surface area contributed by atoms with Gasteiger partial charge in [-0.2, -0.15) is 0 Å². The molecule has 0 fully saturated rings. The summed E-state index contributed by atoms with van der Waals surface area (Å²) in [4.78, 5) is 0. The zero-order chi connectivity index (χ0) is 13.1. The highest BCUT2D eigenvalue weighted by molar-refractivity contribution is 5.49. The van der Waals surface area contributed by atoms with Crippen molar-refractivity contribution in [3.63, 3.8) is 0 Å². The van der Waals surface area contributed by atoms with E-state index in [9.17, 15) is 5.11 Å². The van der Waals surface area contributed by atoms with Crippen LogP contribution in [0, 0.1) is 0 Å². The van der Waals surface area contributed by atoms with Crippen molar-refractivity contribution >= 4 is 0 Å². The summed E-state index contributed by atoms with van der Waals surface area (Å²) in [7, 11) is 1.56. The van der Waals surface area contributed by atoms with Gasteiger partial charge in [-0.05, 0) is 26.0 Å². The Morgan fingerprint density at radius 2 is 2.28 bits per heavy atom. The minimum absolute atomic E-state index is 0.185. The van der Waals surface area contributed by atoms with E-state index in [4.69, 9.17) is 14.2 Å². The number of hydrogen-bond acceptors (Lipinski definition) is 4. The molecule has 0 bridgehead atoms. The van der Waals surface area contributed by atoms with Crippen LogP contribution in [-0.2, 0) is 11.2 Å². The number of methoxy groups -OCH3 is 1. The minimum atomic E-state index is -0.693. The monoisotopic (exact) mass is 252 g/mol. The lowest BCUT2D eigenvalue weighted by Gasteiger charge is -2.16. The predicted octanol–water partition coefficient (Wildman–Crippen LogP) is 2.09. The second-order valence-corrected chi connectivity index (χ2v) is 4.53. The molecule has 0 amide bonds. The summed E-state index contributed by atoms with van der Waals surface area (Å²) in [5.74, 6) is 1.56. The standard InChI is InChI=1S/C14H20O4/c1-4-17-14-6-10-5-9(2)18-13(10)7-11(14)12(15)8-16-3/h6-7,9,12,15H,4-5,8H2,1-3H3. The lowest BCUT2D eigenvalue weighted by molar-refractivity contribution is 0.0622. The van der Waals surface area contributed by atoms with E-state index in [1.165, 1.54) is 0 Å². The third-order valence-corrected chi connectivity index (χ3v) is 3.01. The van der Waals surface area contributed by atoms with E-state index in [-0.39, 0.29) is 12.7 Å². The molecule has 1 aromatic rings. The van der Waals surface area contributed by atoms with Gasteiger partial charge < -0.3 is 19.3 Å². The van der Waals surface area contributed by atoms with Crippen molar-refractivity contribution in [2.24, 2.45) is 0 Å². The largest absolute Gasteiger partial charge is 0.493 e. The zero-order valence-corrected chi connectivity index (χ0v) is 11.1. The quantitative estimate of drug-likeness (QED) is 0.871. The molecule has 1 aliphatic heterocycles. The first-order valence-corrected chi connectivity index (χ1v) is 6.29. The van der Waals surface area contributed by atoms with Gasteiger partial charge >= 0.3 is 0 Å². The van der Waals surface area contributed by atoms with E-state index in [0.29, 0.717) is 6.61 Å². The second-order valence-electron chi connectivity index (χ2n) is 4.53. The molecular formula is C14H20O4. The van der Waals surface area contributed by atoms with Crippen LogP contribution in [0.15, 0.2) is 12.1 Å². The Bertz CT molecular complexity index is 417. The fourth-order valence-electron chi connectivity index (χ4n) is 2.24. The van der Waals surface area contributed by atoms with Gasteiger partial charge in [0.1, 0.15) is 23.7 Å². The van der Waals surface area contributed by atoms with Gasteiger partial charge in [0.25, 0.3) is 0 Å². The molecule has 1 aromatic carbocycles. The van der Waals surface area contributed by atoms with Gasteiger partial charge in [0.05, 0.1) is 13.2 Å². The topological polar surface area (TPSA) is 47.9 Å². The number of ether oxygens (including phenoxy) is 3. The molecule has 1 aliphatic rings. The fraction of sp³-hybridized carbons (Fsp3) is 0.571. The van der Waals surface area contributed by atoms with Crippen molar-refractivity contribution in [3.05, 3.63) is 23.3 Å². The van der Waals surface area contributed by atoms with Crippen molar-refractivity contribution < 1.29 is 19.3 Å². The summed E-state index contributed by atoms with van der Waals surface area (Å²) < 4.78 is 16.3. The smallest absolute Gasteiger partial charge is 0.125 e. The first-order valence-electron chi connectivity index (χ1n) is 6.29. The zero-order valence-electron chi connectivity index (χ0n) is 11.1. The Hall–Kier alpha value is -1.26. The first kappa shape index (κ1) is 13.2. The molecule has 0 aliphatic carbocycles. The highest BCUT2D eigenvalue weighted by Gasteiger charge is 2.24. The van der Waals surface area contributed by atoms with Crippen LogP contribution < -0.4 is 9.47 Å². The highest BCUT2D eigenvalue weighted by atomic mass is 16.5. The van der Waals surface area contributed by atoms with Gasteiger partial charge in [-0.25, -0.2) is 0 Å². The summed E-state index contributed by atoms with van der Waals surface area (Å²) in [6.45, 7) is 4.78. The van der Waals surface area contributed by atoms with Crippen molar-refractivity contribution in [1.82, 2.24) is 0 Å². The summed E-state index contributed by atoms with van der Waals surface area (Å²) in [6, 6.07) is 3.84. The molecule has 1 heterocycles. The van der Waals surface area contributed by atoms with Crippen LogP contribution in [0.25, 0.3) is 0 Å². The van der Waals surface area contributed by atoms with Gasteiger partial charge in [0.2, 0.25) is 0 Å². The number of aliphatic hydroxyl groups excluding tert-OH is 1. The van der Waals surface area contributed by atoms with Crippen molar-refractivity contribution in [2.45, 2.75) is 32.5 Å². The maximum atomic E-state index is 10.1. The molecule has 1 N–H and O–H groups in total. The Morgan fingerprint density at radius 3 is 2.94 bits per heavy atom. The van der Waals surface area contributed by atoms with Crippen LogP contribution in [0.1, 0.15) is 31.1 Å². The molecular weight excluding hydrogens is 232 g/mol. The maximum absolute atomic E-state index is 10.1. The van der Waals surface area contributed by atoms with Crippen LogP contribution in [0.5, 0.6) is 11.5 Å². The van der Waals surface area contributed by atoms with E-state index >= 15 is 0 Å². The molecule has 2 unspecified atom stereocenters. The molecule has 0 radical (unpaired) electrons. The minimum Gasteiger partial charge on any atom is -0.493 e. The molecule has 0 spiro atoms. The summed E-state index contributed by atoms with van der Waals surface area (Å²) in [6.07, 6.45) is 0.376. The van der Waals surface area contributed by atoms with E-state index in [2.05, 4.69) is 0 Å². The Morgan fingerprint density at radius 1 is 1.50 bits per heavy atom. The Labute approximate surface area is 107 Å². The summed E-state index contributed by atoms with van der Waals surface area (Å²) in [5, 5.41) is 10.1. The number of hydrogen-bond donors (Lipinski definition) is 1. The highest BCUT2D eigenvalue weighted by Crippen LogP contribution is 2.37. The average Bonchev–Trinajstić information content (AvgIpc) is 2.68. The molecule has 18 heavy (non-hydrogen) atoms. The SMILES string of the molecule is CCOc1cc2c(cc1C(O)COC)OC(C)C2. The summed E-state index contributed by atoms with van der Waals surface area (Å²) >= 11 is 0. The number of fused-ring (bicyclic) bond motifs is 1. The van der Waals surface area contributed by atoms with E-state index < -0.39 is 6.10 Å². The normalized spacial score (nSPS) is 19.2. The Kier molecular flexibility index (Phi) is 4.09.